The minimum Gasteiger partial charge on any atom is -0.459 e. The van der Waals surface area contributed by atoms with Gasteiger partial charge in [0.25, 0.3) is 0 Å². The van der Waals surface area contributed by atoms with E-state index in [9.17, 15) is 9.59 Å². The largest absolute Gasteiger partial charge is 0.459 e. The van der Waals surface area contributed by atoms with E-state index in [1.165, 1.54) is 11.8 Å². The van der Waals surface area contributed by atoms with Crippen molar-refractivity contribution in [1.82, 2.24) is 4.57 Å². The van der Waals surface area contributed by atoms with E-state index < -0.39 is 0 Å². The number of thioether (sulfide) groups is 1. The van der Waals surface area contributed by atoms with Gasteiger partial charge >= 0.3 is 5.97 Å². The molecule has 0 aliphatic carbocycles. The molecule has 1 aromatic rings. The number of aromatic nitrogens is 1. The highest BCUT2D eigenvalue weighted by Gasteiger charge is 2.32. The van der Waals surface area contributed by atoms with Crippen LogP contribution in [0.25, 0.3) is 0 Å². The van der Waals surface area contributed by atoms with Crippen LogP contribution in [0.2, 0.25) is 0 Å². The molecule has 0 spiro atoms. The third-order valence-corrected chi connectivity index (χ3v) is 4.03. The monoisotopic (exact) mass is 268 g/mol. The topological polar surface area (TPSA) is 74.3 Å². The Bertz CT molecular complexity index is 508. The number of nitrogens with two attached hydrogens (primary N) is 1. The van der Waals surface area contributed by atoms with E-state index in [-0.39, 0.29) is 23.2 Å². The van der Waals surface area contributed by atoms with Crippen LogP contribution in [0.5, 0.6) is 0 Å². The van der Waals surface area contributed by atoms with Crippen LogP contribution in [0.1, 0.15) is 29.8 Å². The summed E-state index contributed by atoms with van der Waals surface area (Å²) in [6.45, 7) is 6.00. The van der Waals surface area contributed by atoms with Gasteiger partial charge in [0.1, 0.15) is 5.25 Å². The third kappa shape index (κ3) is 2.25. The van der Waals surface area contributed by atoms with Crippen LogP contribution in [0, 0.1) is 6.92 Å². The summed E-state index contributed by atoms with van der Waals surface area (Å²) >= 11 is 1.33. The first kappa shape index (κ1) is 13.0. The number of hydrogen-bond donors (Lipinski definition) is 1. The summed E-state index contributed by atoms with van der Waals surface area (Å²) in [6.07, 6.45) is 1.70. The molecule has 5 nitrogen and oxygen atoms in total. The van der Waals surface area contributed by atoms with E-state index in [1.807, 2.05) is 31.5 Å². The normalized spacial score (nSPS) is 17.9. The first-order chi connectivity index (χ1) is 8.40. The molecule has 0 saturated heterocycles. The number of hydrogen-bond acceptors (Lipinski definition) is 4. The number of rotatable bonds is 3. The Balaban J connectivity index is 2.29. The average Bonchev–Trinajstić information content (AvgIpc) is 2.71. The predicted molar refractivity (Wildman–Crippen MR) is 68.6 cm³/mol. The summed E-state index contributed by atoms with van der Waals surface area (Å²) in [5.74, 6) is -0.696. The second kappa shape index (κ2) is 4.68. The minimum atomic E-state index is -0.357. The molecule has 0 aromatic carbocycles. The Kier molecular flexibility index (Phi) is 3.38. The Morgan fingerprint density at radius 3 is 2.78 bits per heavy atom. The van der Waals surface area contributed by atoms with Crippen molar-refractivity contribution in [3.05, 3.63) is 17.3 Å². The van der Waals surface area contributed by atoms with Crippen LogP contribution in [-0.2, 0) is 16.1 Å². The predicted octanol–water partition coefficient (Wildman–Crippen LogP) is 1.32. The maximum absolute atomic E-state index is 12.0. The highest BCUT2D eigenvalue weighted by atomic mass is 32.2. The van der Waals surface area contributed by atoms with Crippen molar-refractivity contribution >= 4 is 23.6 Å². The molecule has 0 radical (unpaired) electrons. The van der Waals surface area contributed by atoms with Gasteiger partial charge in [0.2, 0.25) is 5.91 Å². The van der Waals surface area contributed by atoms with Crippen LogP contribution >= 0.6 is 11.8 Å². The van der Waals surface area contributed by atoms with Gasteiger partial charge in [0.05, 0.1) is 16.7 Å². The van der Waals surface area contributed by atoms with Crippen molar-refractivity contribution in [3.63, 3.8) is 0 Å². The molecule has 6 heteroatoms. The Morgan fingerprint density at radius 2 is 2.22 bits per heavy atom. The molecule has 1 aromatic heterocycles. The van der Waals surface area contributed by atoms with Gasteiger partial charge in [-0.25, -0.2) is 4.79 Å². The number of amides is 1. The number of fused-ring (bicyclic) bond motifs is 1. The summed E-state index contributed by atoms with van der Waals surface area (Å²) in [5, 5.41) is 0.480. The van der Waals surface area contributed by atoms with Crippen molar-refractivity contribution in [3.8, 4) is 0 Å². The lowest BCUT2D eigenvalue weighted by Crippen LogP contribution is -2.26. The number of carbonyl (C=O) groups is 2. The van der Waals surface area contributed by atoms with Gasteiger partial charge in [-0.3, -0.25) is 4.79 Å². The number of nitrogens with zero attached hydrogens (tertiary/aromatic N) is 1. The van der Waals surface area contributed by atoms with Crippen molar-refractivity contribution in [2.45, 2.75) is 43.7 Å². The molecule has 1 amide bonds. The molecule has 2 rings (SSSR count). The Hall–Kier alpha value is -1.43. The standard InChI is InChI=1S/C12H16N2O3S/c1-6(2)17-12(16)9-7(3)4-14-5-8(10(13)15)18-11(9)14/h4,6,8H,5H2,1-3H3,(H2,13,15). The molecular weight excluding hydrogens is 252 g/mol. The highest BCUT2D eigenvalue weighted by Crippen LogP contribution is 2.37. The van der Waals surface area contributed by atoms with Gasteiger partial charge in [-0.15, -0.1) is 0 Å². The van der Waals surface area contributed by atoms with Gasteiger partial charge in [-0.1, -0.05) is 11.8 Å². The Labute approximate surface area is 110 Å². The zero-order chi connectivity index (χ0) is 13.4. The summed E-state index contributed by atoms with van der Waals surface area (Å²) in [6, 6.07) is 0. The summed E-state index contributed by atoms with van der Waals surface area (Å²) in [4.78, 5) is 23.2. The molecule has 1 unspecified atom stereocenters. The molecule has 18 heavy (non-hydrogen) atoms. The molecule has 2 heterocycles. The maximum atomic E-state index is 12.0. The molecule has 98 valence electrons. The van der Waals surface area contributed by atoms with E-state index in [1.54, 1.807) is 0 Å². The molecule has 0 bridgehead atoms. The first-order valence-corrected chi connectivity index (χ1v) is 6.64. The van der Waals surface area contributed by atoms with E-state index in [0.29, 0.717) is 12.1 Å². The van der Waals surface area contributed by atoms with Crippen LogP contribution < -0.4 is 5.73 Å². The molecule has 0 saturated carbocycles. The quantitative estimate of drug-likeness (QED) is 0.839. The smallest absolute Gasteiger partial charge is 0.341 e. The summed E-state index contributed by atoms with van der Waals surface area (Å²) < 4.78 is 7.11. The number of primary amides is 1. The van der Waals surface area contributed by atoms with Crippen molar-refractivity contribution in [2.24, 2.45) is 5.73 Å². The van der Waals surface area contributed by atoms with Crippen LogP contribution in [0.4, 0.5) is 0 Å². The minimum absolute atomic E-state index is 0.161. The maximum Gasteiger partial charge on any atom is 0.341 e. The fraction of sp³-hybridized carbons (Fsp3) is 0.500. The van der Waals surface area contributed by atoms with Gasteiger partial charge in [-0.05, 0) is 26.3 Å². The lowest BCUT2D eigenvalue weighted by molar-refractivity contribution is -0.117. The lowest BCUT2D eigenvalue weighted by atomic mass is 10.2. The highest BCUT2D eigenvalue weighted by molar-refractivity contribution is 8.00. The zero-order valence-corrected chi connectivity index (χ0v) is 11.4. The lowest BCUT2D eigenvalue weighted by Gasteiger charge is -2.09. The fourth-order valence-electron chi connectivity index (χ4n) is 1.95. The Morgan fingerprint density at radius 1 is 1.56 bits per heavy atom. The number of carbonyl (C=O) groups excluding carboxylic acids is 2. The second-order valence-electron chi connectivity index (χ2n) is 4.61. The number of ether oxygens (including phenoxy) is 1. The number of esters is 1. The molecular formula is C12H16N2O3S. The van der Waals surface area contributed by atoms with E-state index >= 15 is 0 Å². The van der Waals surface area contributed by atoms with Crippen LogP contribution in [0.3, 0.4) is 0 Å². The average molecular weight is 268 g/mol. The second-order valence-corrected chi connectivity index (χ2v) is 5.80. The van der Waals surface area contributed by atoms with Gasteiger partial charge in [0.15, 0.2) is 0 Å². The summed E-state index contributed by atoms with van der Waals surface area (Å²) in [7, 11) is 0. The first-order valence-electron chi connectivity index (χ1n) is 5.76. The fourth-order valence-corrected chi connectivity index (χ4v) is 3.20. The molecule has 1 aliphatic heterocycles. The summed E-state index contributed by atoms with van der Waals surface area (Å²) in [5.41, 5.74) is 6.71. The van der Waals surface area contributed by atoms with Gasteiger partial charge in [0, 0.05) is 12.7 Å². The zero-order valence-electron chi connectivity index (χ0n) is 10.6. The van der Waals surface area contributed by atoms with Crippen molar-refractivity contribution in [2.75, 3.05) is 0 Å². The van der Waals surface area contributed by atoms with E-state index in [4.69, 9.17) is 10.5 Å². The van der Waals surface area contributed by atoms with Crippen LogP contribution in [0.15, 0.2) is 11.2 Å². The third-order valence-electron chi connectivity index (χ3n) is 2.70. The molecule has 1 atom stereocenters. The van der Waals surface area contributed by atoms with Crippen molar-refractivity contribution < 1.29 is 14.3 Å². The molecule has 0 fully saturated rings. The molecule has 1 aliphatic rings. The SMILES string of the molecule is Cc1cn2c(c1C(=O)OC(C)C)SC(C(N)=O)C2. The van der Waals surface area contributed by atoms with Gasteiger partial charge in [-0.2, -0.15) is 0 Å². The van der Waals surface area contributed by atoms with E-state index in [2.05, 4.69) is 0 Å². The van der Waals surface area contributed by atoms with Gasteiger partial charge < -0.3 is 15.0 Å². The van der Waals surface area contributed by atoms with Crippen LogP contribution in [-0.4, -0.2) is 27.8 Å². The van der Waals surface area contributed by atoms with E-state index in [0.717, 1.165) is 10.6 Å². The molecule has 2 N–H and O–H groups in total. The number of aryl methyl sites for hydroxylation is 1. The van der Waals surface area contributed by atoms with Crippen molar-refractivity contribution in [1.29, 1.82) is 0 Å².